The fourth-order valence-corrected chi connectivity index (χ4v) is 7.04. The van der Waals surface area contributed by atoms with Crippen LogP contribution in [-0.4, -0.2) is 22.5 Å². The van der Waals surface area contributed by atoms with Crippen LogP contribution in [0.1, 0.15) is 37.7 Å². The molecule has 5 nitrogen and oxygen atoms in total. The van der Waals surface area contributed by atoms with E-state index in [1.165, 1.54) is 4.90 Å². The summed E-state index contributed by atoms with van der Waals surface area (Å²) in [7, 11) is 0. The highest BCUT2D eigenvalue weighted by molar-refractivity contribution is 6.23. The molecule has 3 aromatic carbocycles. The highest BCUT2D eigenvalue weighted by Gasteiger charge is 2.62. The number of hydrogen-bond donors (Lipinski definition) is 1. The van der Waals surface area contributed by atoms with Gasteiger partial charge in [0.15, 0.2) is 0 Å². The molecule has 3 aromatic rings. The summed E-state index contributed by atoms with van der Waals surface area (Å²) in [6.45, 7) is 0. The van der Waals surface area contributed by atoms with Crippen molar-refractivity contribution in [2.24, 2.45) is 17.8 Å². The maximum absolute atomic E-state index is 14.0. The van der Waals surface area contributed by atoms with Gasteiger partial charge >= 0.3 is 0 Å². The number of phenolic OH excluding ortho intramolecular Hbond substituents is 1. The van der Waals surface area contributed by atoms with Crippen molar-refractivity contribution in [2.45, 2.75) is 37.7 Å². The van der Waals surface area contributed by atoms with Crippen molar-refractivity contribution in [3.63, 3.8) is 0 Å². The number of ether oxygens (including phenoxy) is 1. The van der Waals surface area contributed by atoms with E-state index in [0.29, 0.717) is 12.1 Å². The molecule has 2 aliphatic carbocycles. The van der Waals surface area contributed by atoms with Gasteiger partial charge in [-0.05, 0) is 85.2 Å². The van der Waals surface area contributed by atoms with Gasteiger partial charge in [0.05, 0.1) is 17.5 Å². The van der Waals surface area contributed by atoms with Crippen molar-refractivity contribution in [2.75, 3.05) is 4.90 Å². The van der Waals surface area contributed by atoms with E-state index in [4.69, 9.17) is 4.74 Å². The molecule has 4 aliphatic rings. The van der Waals surface area contributed by atoms with Crippen LogP contribution in [0.25, 0.3) is 16.7 Å². The first-order valence-electron chi connectivity index (χ1n) is 12.8. The summed E-state index contributed by atoms with van der Waals surface area (Å²) in [6.07, 6.45) is 6.64. The van der Waals surface area contributed by atoms with Gasteiger partial charge < -0.3 is 9.84 Å². The molecular weight excluding hydrogens is 450 g/mol. The summed E-state index contributed by atoms with van der Waals surface area (Å²) in [4.78, 5) is 28.9. The van der Waals surface area contributed by atoms with Gasteiger partial charge in [-0.15, -0.1) is 0 Å². The molecule has 0 unspecified atom stereocenters. The first-order valence-corrected chi connectivity index (χ1v) is 12.8. The Balaban J connectivity index is 1.36. The monoisotopic (exact) mass is 477 g/mol. The lowest BCUT2D eigenvalue weighted by Crippen LogP contribution is -2.51. The van der Waals surface area contributed by atoms with Crippen LogP contribution in [0.4, 0.5) is 5.69 Å². The SMILES string of the molecule is O=C1[C@H]2[C@H](CC=C3c4cc(-c5cccc(O)c5)ccc4OC4(CCCC4)[C@H]32)C(=O)N1c1ccccc1. The number of aromatic hydroxyl groups is 1. The average Bonchev–Trinajstić information content (AvgIpc) is 3.47. The quantitative estimate of drug-likeness (QED) is 0.462. The van der Waals surface area contributed by atoms with Gasteiger partial charge in [0, 0.05) is 11.5 Å². The number of allylic oxidation sites excluding steroid dienone is 1. The highest BCUT2D eigenvalue weighted by atomic mass is 16.5. The number of para-hydroxylation sites is 1. The molecule has 0 radical (unpaired) electrons. The van der Waals surface area contributed by atoms with Crippen LogP contribution in [0.5, 0.6) is 11.5 Å². The Bertz CT molecular complexity index is 1420. The van der Waals surface area contributed by atoms with Crippen LogP contribution >= 0.6 is 0 Å². The molecule has 5 heteroatoms. The molecule has 180 valence electrons. The number of phenols is 1. The van der Waals surface area contributed by atoms with Gasteiger partial charge in [-0.1, -0.05) is 42.5 Å². The minimum Gasteiger partial charge on any atom is -0.508 e. The zero-order valence-electron chi connectivity index (χ0n) is 19.9. The molecule has 0 aromatic heterocycles. The summed E-state index contributed by atoms with van der Waals surface area (Å²) in [6, 6.07) is 22.7. The predicted octanol–water partition coefficient (Wildman–Crippen LogP) is 5.97. The number of anilines is 1. The third kappa shape index (κ3) is 3.01. The van der Waals surface area contributed by atoms with Crippen molar-refractivity contribution in [3.8, 4) is 22.6 Å². The average molecular weight is 478 g/mol. The first kappa shape index (κ1) is 21.4. The normalized spacial score (nSPS) is 25.7. The van der Waals surface area contributed by atoms with E-state index in [1.807, 2.05) is 54.6 Å². The standard InChI is InChI=1S/C31H27NO4/c33-22-10-6-7-19(17-22)20-11-14-26-25(18-20)23-12-13-24-27(28(23)31(36-26)15-4-5-16-31)30(35)32(29(24)34)21-8-2-1-3-9-21/h1-3,6-12,14,17-18,24,27-28,33H,4-5,13,15-16H2/t24-,27-,28+/m0/s1. The van der Waals surface area contributed by atoms with Gasteiger partial charge in [-0.3, -0.25) is 14.5 Å². The van der Waals surface area contributed by atoms with Crippen LogP contribution in [0.15, 0.2) is 78.9 Å². The second-order valence-electron chi connectivity index (χ2n) is 10.5. The van der Waals surface area contributed by atoms with Crippen molar-refractivity contribution < 1.29 is 19.4 Å². The molecule has 1 N–H and O–H groups in total. The molecule has 1 saturated heterocycles. The number of fused-ring (bicyclic) bond motifs is 6. The molecule has 0 bridgehead atoms. The second-order valence-corrected chi connectivity index (χ2v) is 10.5. The molecule has 2 fully saturated rings. The molecule has 7 rings (SSSR count). The summed E-state index contributed by atoms with van der Waals surface area (Å²) < 4.78 is 6.82. The third-order valence-corrected chi connectivity index (χ3v) is 8.58. The minimum absolute atomic E-state index is 0.0982. The molecule has 2 amide bonds. The van der Waals surface area contributed by atoms with Gasteiger partial charge in [0.25, 0.3) is 0 Å². The lowest BCUT2D eigenvalue weighted by atomic mass is 9.62. The van der Waals surface area contributed by atoms with Gasteiger partial charge in [0.1, 0.15) is 17.1 Å². The molecule has 3 atom stereocenters. The number of imide groups is 1. The molecule has 36 heavy (non-hydrogen) atoms. The maximum atomic E-state index is 14.0. The van der Waals surface area contributed by atoms with E-state index in [9.17, 15) is 14.7 Å². The van der Waals surface area contributed by atoms with Crippen LogP contribution in [0.3, 0.4) is 0 Å². The predicted molar refractivity (Wildman–Crippen MR) is 137 cm³/mol. The number of amides is 2. The number of carbonyl (C=O) groups is 2. The fourth-order valence-electron chi connectivity index (χ4n) is 7.04. The van der Waals surface area contributed by atoms with E-state index in [0.717, 1.165) is 53.7 Å². The fraction of sp³-hybridized carbons (Fsp3) is 0.290. The molecular formula is C31H27NO4. The lowest BCUT2D eigenvalue weighted by Gasteiger charge is -2.48. The van der Waals surface area contributed by atoms with E-state index >= 15 is 0 Å². The minimum atomic E-state index is -0.461. The Morgan fingerprint density at radius 3 is 2.42 bits per heavy atom. The zero-order chi connectivity index (χ0) is 24.4. The first-order chi connectivity index (χ1) is 17.6. The summed E-state index contributed by atoms with van der Waals surface area (Å²) in [5.41, 5.74) is 4.22. The topological polar surface area (TPSA) is 66.8 Å². The molecule has 2 heterocycles. The second kappa shape index (κ2) is 7.82. The largest absolute Gasteiger partial charge is 0.508 e. The lowest BCUT2D eigenvalue weighted by molar-refractivity contribution is -0.125. The number of hydrogen-bond acceptors (Lipinski definition) is 4. The molecule has 2 aliphatic heterocycles. The van der Waals surface area contributed by atoms with Crippen LogP contribution in [0.2, 0.25) is 0 Å². The van der Waals surface area contributed by atoms with E-state index in [2.05, 4.69) is 12.1 Å². The van der Waals surface area contributed by atoms with Crippen LogP contribution in [0, 0.1) is 17.8 Å². The highest BCUT2D eigenvalue weighted by Crippen LogP contribution is 2.59. The Labute approximate surface area is 210 Å². The van der Waals surface area contributed by atoms with Gasteiger partial charge in [0.2, 0.25) is 11.8 Å². The Kier molecular flexibility index (Phi) is 4.65. The van der Waals surface area contributed by atoms with Crippen molar-refractivity contribution in [1.29, 1.82) is 0 Å². The smallest absolute Gasteiger partial charge is 0.238 e. The van der Waals surface area contributed by atoms with Crippen molar-refractivity contribution in [1.82, 2.24) is 0 Å². The van der Waals surface area contributed by atoms with Gasteiger partial charge in [-0.25, -0.2) is 0 Å². The summed E-state index contributed by atoms with van der Waals surface area (Å²) >= 11 is 0. The number of carbonyl (C=O) groups excluding carboxylic acids is 2. The van der Waals surface area contributed by atoms with Crippen molar-refractivity contribution in [3.05, 3.63) is 84.4 Å². The maximum Gasteiger partial charge on any atom is 0.238 e. The third-order valence-electron chi connectivity index (χ3n) is 8.58. The van der Waals surface area contributed by atoms with Crippen LogP contribution in [-0.2, 0) is 9.59 Å². The summed E-state index contributed by atoms with van der Waals surface area (Å²) in [5.74, 6) is -0.0701. The van der Waals surface area contributed by atoms with E-state index in [-0.39, 0.29) is 29.4 Å². The number of nitrogens with zero attached hydrogens (tertiary/aromatic N) is 1. The number of rotatable bonds is 2. The van der Waals surface area contributed by atoms with Gasteiger partial charge in [-0.2, -0.15) is 0 Å². The summed E-state index contributed by atoms with van der Waals surface area (Å²) in [5, 5.41) is 10.0. The molecule has 1 spiro atoms. The Hall–Kier alpha value is -3.86. The molecule has 1 saturated carbocycles. The Morgan fingerprint density at radius 1 is 0.861 bits per heavy atom. The van der Waals surface area contributed by atoms with E-state index < -0.39 is 11.5 Å². The number of benzene rings is 3. The van der Waals surface area contributed by atoms with Crippen LogP contribution < -0.4 is 9.64 Å². The van der Waals surface area contributed by atoms with E-state index in [1.54, 1.807) is 12.1 Å². The Morgan fingerprint density at radius 2 is 1.64 bits per heavy atom. The van der Waals surface area contributed by atoms with Crippen molar-refractivity contribution >= 4 is 23.1 Å². The zero-order valence-corrected chi connectivity index (χ0v) is 19.9.